The lowest BCUT2D eigenvalue weighted by Gasteiger charge is -2.06. The van der Waals surface area contributed by atoms with E-state index in [1.165, 1.54) is 24.3 Å². The number of ether oxygens (including phenoxy) is 1. The number of carbonyl (C=O) groups is 1. The molecular weight excluding hydrogens is 301 g/mol. The third kappa shape index (κ3) is 3.34. The van der Waals surface area contributed by atoms with Crippen LogP contribution in [0.4, 0.5) is 9.18 Å². The molecule has 0 unspecified atom stereocenters. The average Bonchev–Trinajstić information content (AvgIpc) is 2.57. The molecule has 1 aromatic heterocycles. The van der Waals surface area contributed by atoms with Crippen molar-refractivity contribution in [3.63, 3.8) is 0 Å². The van der Waals surface area contributed by atoms with E-state index in [1.807, 2.05) is 0 Å². The van der Waals surface area contributed by atoms with Gasteiger partial charge in [0.2, 0.25) is 0 Å². The molecule has 6 nitrogen and oxygen atoms in total. The third-order valence-corrected chi connectivity index (χ3v) is 3.18. The molecule has 0 spiro atoms. The van der Waals surface area contributed by atoms with E-state index in [0.717, 1.165) is 0 Å². The number of carbonyl (C=O) groups excluding carboxylic acids is 1. The van der Waals surface area contributed by atoms with Gasteiger partial charge in [0, 0.05) is 6.54 Å². The molecule has 0 aliphatic heterocycles. The Morgan fingerprint density at radius 1 is 1.17 bits per heavy atom. The highest BCUT2D eigenvalue weighted by Gasteiger charge is 2.12. The smallest absolute Gasteiger partial charge is 0.385 e. The predicted octanol–water partition coefficient (Wildman–Crippen LogP) is 2.35. The van der Waals surface area contributed by atoms with Crippen molar-refractivity contribution in [2.24, 2.45) is 0 Å². The Labute approximate surface area is 129 Å². The van der Waals surface area contributed by atoms with Gasteiger partial charge in [-0.15, -0.1) is 5.10 Å². The Kier molecular flexibility index (Phi) is 4.01. The van der Waals surface area contributed by atoms with Gasteiger partial charge in [-0.1, -0.05) is 24.3 Å². The van der Waals surface area contributed by atoms with Gasteiger partial charge in [0.15, 0.2) is 0 Å². The molecular formula is C16H12FN3O3. The fraction of sp³-hybridized carbons (Fsp3) is 0.0625. The summed E-state index contributed by atoms with van der Waals surface area (Å²) in [5.74, 6) is -0.691. The number of para-hydroxylation sites is 1. The first-order valence-electron chi connectivity index (χ1n) is 6.81. The molecule has 2 aromatic carbocycles. The Morgan fingerprint density at radius 3 is 2.70 bits per heavy atom. The summed E-state index contributed by atoms with van der Waals surface area (Å²) >= 11 is 0. The number of halogens is 1. The number of aromatic amines is 1. The number of benzene rings is 2. The maximum atomic E-state index is 12.8. The van der Waals surface area contributed by atoms with Gasteiger partial charge in [-0.05, 0) is 29.8 Å². The van der Waals surface area contributed by atoms with E-state index in [-0.39, 0.29) is 18.2 Å². The molecule has 116 valence electrons. The van der Waals surface area contributed by atoms with E-state index < -0.39 is 11.5 Å². The Balaban J connectivity index is 1.69. The molecule has 3 rings (SSSR count). The van der Waals surface area contributed by atoms with Gasteiger partial charge in [0.1, 0.15) is 5.82 Å². The van der Waals surface area contributed by atoms with Crippen LogP contribution in [0.2, 0.25) is 0 Å². The van der Waals surface area contributed by atoms with Crippen molar-refractivity contribution in [2.45, 2.75) is 6.54 Å². The SMILES string of the molecule is O=C(NCc1ccc(F)cc1)Oc1n[nH]c2ccccc2c1=O. The minimum Gasteiger partial charge on any atom is -0.385 e. The summed E-state index contributed by atoms with van der Waals surface area (Å²) in [5.41, 5.74) is 0.775. The Morgan fingerprint density at radius 2 is 1.91 bits per heavy atom. The molecule has 3 aromatic rings. The maximum Gasteiger partial charge on any atom is 0.414 e. The van der Waals surface area contributed by atoms with Crippen LogP contribution < -0.4 is 15.5 Å². The largest absolute Gasteiger partial charge is 0.414 e. The summed E-state index contributed by atoms with van der Waals surface area (Å²) in [4.78, 5) is 23.9. The van der Waals surface area contributed by atoms with Crippen molar-refractivity contribution in [2.75, 3.05) is 0 Å². The van der Waals surface area contributed by atoms with E-state index in [0.29, 0.717) is 16.5 Å². The number of fused-ring (bicyclic) bond motifs is 1. The molecule has 0 saturated heterocycles. The van der Waals surface area contributed by atoms with E-state index in [2.05, 4.69) is 15.5 Å². The molecule has 0 atom stereocenters. The molecule has 23 heavy (non-hydrogen) atoms. The first kappa shape index (κ1) is 14.7. The highest BCUT2D eigenvalue weighted by atomic mass is 19.1. The van der Waals surface area contributed by atoms with Gasteiger partial charge in [-0.2, -0.15) is 0 Å². The summed E-state index contributed by atoms with van der Waals surface area (Å²) in [6, 6.07) is 12.4. The quantitative estimate of drug-likeness (QED) is 0.777. The number of hydrogen-bond donors (Lipinski definition) is 2. The summed E-state index contributed by atoms with van der Waals surface area (Å²) in [5, 5.41) is 9.24. The van der Waals surface area contributed by atoms with Crippen LogP contribution >= 0.6 is 0 Å². The fourth-order valence-electron chi connectivity index (χ4n) is 2.03. The molecule has 0 aliphatic carbocycles. The highest BCUT2D eigenvalue weighted by Crippen LogP contribution is 2.08. The van der Waals surface area contributed by atoms with Crippen molar-refractivity contribution in [3.05, 3.63) is 70.1 Å². The number of nitrogens with one attached hydrogen (secondary N) is 2. The minimum atomic E-state index is -0.817. The van der Waals surface area contributed by atoms with Crippen LogP contribution in [0.25, 0.3) is 10.9 Å². The molecule has 7 heteroatoms. The number of rotatable bonds is 3. The van der Waals surface area contributed by atoms with Crippen molar-refractivity contribution in [3.8, 4) is 5.88 Å². The number of aromatic nitrogens is 2. The van der Waals surface area contributed by atoms with Crippen molar-refractivity contribution < 1.29 is 13.9 Å². The zero-order valence-electron chi connectivity index (χ0n) is 11.9. The zero-order chi connectivity index (χ0) is 16.2. The fourth-order valence-corrected chi connectivity index (χ4v) is 2.03. The van der Waals surface area contributed by atoms with Crippen LogP contribution in [0.1, 0.15) is 5.56 Å². The monoisotopic (exact) mass is 313 g/mol. The second-order valence-electron chi connectivity index (χ2n) is 4.77. The maximum absolute atomic E-state index is 12.8. The average molecular weight is 313 g/mol. The Hall–Kier alpha value is -3.22. The number of nitrogens with zero attached hydrogens (tertiary/aromatic N) is 1. The zero-order valence-corrected chi connectivity index (χ0v) is 11.9. The molecule has 2 N–H and O–H groups in total. The predicted molar refractivity (Wildman–Crippen MR) is 81.6 cm³/mol. The van der Waals surface area contributed by atoms with Crippen LogP contribution in [0.15, 0.2) is 53.3 Å². The van der Waals surface area contributed by atoms with Gasteiger partial charge < -0.3 is 10.1 Å². The number of H-pyrrole nitrogens is 1. The van der Waals surface area contributed by atoms with Crippen LogP contribution in [0, 0.1) is 5.82 Å². The number of hydrogen-bond acceptors (Lipinski definition) is 4. The van der Waals surface area contributed by atoms with Crippen molar-refractivity contribution >= 4 is 17.0 Å². The molecule has 0 bridgehead atoms. The lowest BCUT2D eigenvalue weighted by Crippen LogP contribution is -2.28. The van der Waals surface area contributed by atoms with E-state index in [4.69, 9.17) is 4.74 Å². The van der Waals surface area contributed by atoms with Crippen LogP contribution in [-0.4, -0.2) is 16.3 Å². The Bertz CT molecular complexity index is 906. The molecule has 0 saturated carbocycles. The van der Waals surface area contributed by atoms with E-state index >= 15 is 0 Å². The van der Waals surface area contributed by atoms with Crippen molar-refractivity contribution in [1.82, 2.24) is 15.5 Å². The van der Waals surface area contributed by atoms with Gasteiger partial charge in [0.25, 0.3) is 11.3 Å². The minimum absolute atomic E-state index is 0.143. The topological polar surface area (TPSA) is 84.1 Å². The highest BCUT2D eigenvalue weighted by molar-refractivity contribution is 5.79. The molecule has 1 amide bonds. The van der Waals surface area contributed by atoms with E-state index in [9.17, 15) is 14.0 Å². The lowest BCUT2D eigenvalue weighted by atomic mass is 10.2. The summed E-state index contributed by atoms with van der Waals surface area (Å²) in [6.45, 7) is 0.143. The second-order valence-corrected chi connectivity index (χ2v) is 4.77. The lowest BCUT2D eigenvalue weighted by molar-refractivity contribution is 0.197. The van der Waals surface area contributed by atoms with Gasteiger partial charge in [0.05, 0.1) is 10.9 Å². The summed E-state index contributed by atoms with van der Waals surface area (Å²) in [6.07, 6.45) is -0.817. The molecule has 1 heterocycles. The summed E-state index contributed by atoms with van der Waals surface area (Å²) in [7, 11) is 0. The normalized spacial score (nSPS) is 10.5. The standard InChI is InChI=1S/C16H12FN3O3/c17-11-7-5-10(6-8-11)9-18-16(22)23-15-14(21)12-3-1-2-4-13(12)19-20-15/h1-8H,9H2,(H,18,22)(H,19,21). The third-order valence-electron chi connectivity index (χ3n) is 3.18. The van der Waals surface area contributed by atoms with Gasteiger partial charge in [-0.25, -0.2) is 9.18 Å². The molecule has 0 aliphatic rings. The van der Waals surface area contributed by atoms with Crippen LogP contribution in [0.5, 0.6) is 5.88 Å². The molecule has 0 radical (unpaired) electrons. The van der Waals surface area contributed by atoms with Crippen LogP contribution in [0.3, 0.4) is 0 Å². The number of amides is 1. The van der Waals surface area contributed by atoms with Crippen molar-refractivity contribution in [1.29, 1.82) is 0 Å². The van der Waals surface area contributed by atoms with Crippen LogP contribution in [-0.2, 0) is 6.54 Å². The molecule has 0 fully saturated rings. The first-order valence-corrected chi connectivity index (χ1v) is 6.81. The first-order chi connectivity index (χ1) is 11.1. The van der Waals surface area contributed by atoms with Gasteiger partial charge >= 0.3 is 6.09 Å². The summed E-state index contributed by atoms with van der Waals surface area (Å²) < 4.78 is 17.7. The van der Waals surface area contributed by atoms with E-state index in [1.54, 1.807) is 24.3 Å². The second kappa shape index (κ2) is 6.27. The van der Waals surface area contributed by atoms with Gasteiger partial charge in [-0.3, -0.25) is 9.89 Å².